The van der Waals surface area contributed by atoms with Gasteiger partial charge in [0.05, 0.1) is 5.41 Å². The van der Waals surface area contributed by atoms with Crippen LogP contribution in [-0.4, -0.2) is 40.0 Å². The van der Waals surface area contributed by atoms with Crippen LogP contribution in [0.3, 0.4) is 0 Å². The molecule has 1 saturated heterocycles. The highest BCUT2D eigenvalue weighted by Crippen LogP contribution is 2.62. The van der Waals surface area contributed by atoms with Gasteiger partial charge in [-0.3, -0.25) is 14.7 Å². The molecule has 9 heteroatoms. The van der Waals surface area contributed by atoms with E-state index in [2.05, 4.69) is 5.10 Å². The van der Waals surface area contributed by atoms with Gasteiger partial charge >= 0.3 is 6.18 Å². The van der Waals surface area contributed by atoms with Crippen molar-refractivity contribution in [3.05, 3.63) is 17.5 Å². The first-order valence-corrected chi connectivity index (χ1v) is 7.19. The lowest BCUT2D eigenvalue weighted by Crippen LogP contribution is -2.59. The molecule has 23 heavy (non-hydrogen) atoms. The number of amides is 2. The van der Waals surface area contributed by atoms with Gasteiger partial charge in [-0.05, 0) is 17.8 Å². The van der Waals surface area contributed by atoms with E-state index in [1.807, 2.05) is 18.9 Å². The molecule has 1 aliphatic heterocycles. The van der Waals surface area contributed by atoms with Crippen LogP contribution in [0.15, 0.2) is 6.07 Å². The predicted octanol–water partition coefficient (Wildman–Crippen LogP) is 1.40. The highest BCUT2D eigenvalue weighted by molar-refractivity contribution is 5.94. The number of aromatic nitrogens is 2. The van der Waals surface area contributed by atoms with Gasteiger partial charge in [0.25, 0.3) is 5.91 Å². The fourth-order valence-corrected chi connectivity index (χ4v) is 4.12. The zero-order valence-corrected chi connectivity index (χ0v) is 12.7. The van der Waals surface area contributed by atoms with Crippen molar-refractivity contribution in [2.45, 2.75) is 26.4 Å². The summed E-state index contributed by atoms with van der Waals surface area (Å²) in [6.07, 6.45) is -4.02. The van der Waals surface area contributed by atoms with Crippen molar-refractivity contribution in [1.29, 1.82) is 0 Å². The number of carbonyl (C=O) groups excluding carboxylic acids is 2. The van der Waals surface area contributed by atoms with Gasteiger partial charge in [-0.15, -0.1) is 0 Å². The number of rotatable bonds is 2. The minimum Gasteiger partial charge on any atom is -0.369 e. The maximum atomic E-state index is 12.6. The van der Waals surface area contributed by atoms with Gasteiger partial charge in [-0.25, -0.2) is 0 Å². The van der Waals surface area contributed by atoms with Gasteiger partial charge < -0.3 is 10.6 Å². The third-order valence-electron chi connectivity index (χ3n) is 5.14. The molecule has 2 aliphatic rings. The van der Waals surface area contributed by atoms with Crippen molar-refractivity contribution >= 4 is 11.8 Å². The molecule has 1 saturated carbocycles. The molecule has 3 rings (SSSR count). The molecule has 2 amide bonds. The lowest BCUT2D eigenvalue weighted by molar-refractivity contribution is -0.148. The van der Waals surface area contributed by atoms with Crippen LogP contribution in [0, 0.1) is 16.7 Å². The second-order valence-electron chi connectivity index (χ2n) is 7.09. The monoisotopic (exact) mass is 330 g/mol. The number of carbonyl (C=O) groups is 2. The zero-order chi connectivity index (χ0) is 17.2. The molecule has 0 bridgehead atoms. The summed E-state index contributed by atoms with van der Waals surface area (Å²) in [5, 5.41) is 5.27. The first kappa shape index (κ1) is 15.8. The first-order chi connectivity index (χ1) is 10.5. The molecule has 126 valence electrons. The second kappa shape index (κ2) is 4.48. The van der Waals surface area contributed by atoms with E-state index >= 15 is 0 Å². The molecule has 6 nitrogen and oxygen atoms in total. The number of nitrogens with one attached hydrogen (secondary N) is 1. The Bertz CT molecular complexity index is 682. The van der Waals surface area contributed by atoms with Crippen LogP contribution in [0.25, 0.3) is 0 Å². The SMILES string of the molecule is CC1(C)C[C@]2(C(N)=O)CN(C(=O)c3cc(C(F)(F)F)[nH]n3)C[C@H]12. The second-order valence-corrected chi connectivity index (χ2v) is 7.09. The minimum atomic E-state index is -4.59. The Balaban J connectivity index is 1.82. The summed E-state index contributed by atoms with van der Waals surface area (Å²) in [6, 6.07) is 0.685. The maximum absolute atomic E-state index is 12.6. The lowest BCUT2D eigenvalue weighted by atomic mass is 9.48. The molecular weight excluding hydrogens is 313 g/mol. The van der Waals surface area contributed by atoms with Gasteiger partial charge in [0.2, 0.25) is 5.91 Å². The van der Waals surface area contributed by atoms with Crippen molar-refractivity contribution in [3.8, 4) is 0 Å². The third-order valence-corrected chi connectivity index (χ3v) is 5.14. The number of primary amides is 1. The zero-order valence-electron chi connectivity index (χ0n) is 12.7. The van der Waals surface area contributed by atoms with Gasteiger partial charge in [0.1, 0.15) is 5.69 Å². The van der Waals surface area contributed by atoms with E-state index < -0.39 is 29.1 Å². The molecule has 1 aromatic rings. The van der Waals surface area contributed by atoms with Crippen molar-refractivity contribution in [2.75, 3.05) is 13.1 Å². The van der Waals surface area contributed by atoms with E-state index in [9.17, 15) is 22.8 Å². The van der Waals surface area contributed by atoms with Gasteiger partial charge in [-0.2, -0.15) is 18.3 Å². The van der Waals surface area contributed by atoms with E-state index in [0.717, 1.165) is 0 Å². The Hall–Kier alpha value is -2.06. The van der Waals surface area contributed by atoms with Crippen LogP contribution in [-0.2, 0) is 11.0 Å². The van der Waals surface area contributed by atoms with Crippen molar-refractivity contribution in [3.63, 3.8) is 0 Å². The first-order valence-electron chi connectivity index (χ1n) is 7.19. The Kier molecular flexibility index (Phi) is 3.08. The van der Waals surface area contributed by atoms with Crippen LogP contribution in [0.1, 0.15) is 36.5 Å². The molecular formula is C14H17F3N4O2. The fourth-order valence-electron chi connectivity index (χ4n) is 4.12. The number of fused-ring (bicyclic) bond motifs is 1. The Morgan fingerprint density at radius 2 is 2.09 bits per heavy atom. The summed E-state index contributed by atoms with van der Waals surface area (Å²) < 4.78 is 37.8. The summed E-state index contributed by atoms with van der Waals surface area (Å²) >= 11 is 0. The Morgan fingerprint density at radius 1 is 1.43 bits per heavy atom. The number of aromatic amines is 1. The van der Waals surface area contributed by atoms with Crippen LogP contribution >= 0.6 is 0 Å². The standard InChI is InChI=1S/C14H17F3N4O2/c1-12(2)5-13(11(18)23)6-21(4-8(12)13)10(22)7-3-9(20-19-7)14(15,16)17/h3,8H,4-6H2,1-2H3,(H2,18,23)(H,19,20)/t8-,13+/m1/s1. The molecule has 2 fully saturated rings. The summed E-state index contributed by atoms with van der Waals surface area (Å²) in [5.74, 6) is -1.17. The van der Waals surface area contributed by atoms with Gasteiger partial charge in [0.15, 0.2) is 5.69 Å². The summed E-state index contributed by atoms with van der Waals surface area (Å²) in [6.45, 7) is 4.40. The van der Waals surface area contributed by atoms with Crippen molar-refractivity contribution < 1.29 is 22.8 Å². The summed E-state index contributed by atoms with van der Waals surface area (Å²) in [7, 11) is 0. The molecule has 0 unspecified atom stereocenters. The van der Waals surface area contributed by atoms with Crippen molar-refractivity contribution in [1.82, 2.24) is 15.1 Å². The largest absolute Gasteiger partial charge is 0.432 e. The number of likely N-dealkylation sites (tertiary alicyclic amines) is 1. The molecule has 1 aliphatic carbocycles. The molecule has 0 spiro atoms. The van der Waals surface area contributed by atoms with E-state index in [0.29, 0.717) is 19.0 Å². The van der Waals surface area contributed by atoms with Crippen molar-refractivity contribution in [2.24, 2.45) is 22.5 Å². The fraction of sp³-hybridized carbons (Fsp3) is 0.643. The van der Waals surface area contributed by atoms with E-state index in [-0.39, 0.29) is 23.6 Å². The quantitative estimate of drug-likeness (QED) is 0.858. The topological polar surface area (TPSA) is 92.1 Å². The maximum Gasteiger partial charge on any atom is 0.432 e. The number of H-pyrrole nitrogens is 1. The molecule has 0 radical (unpaired) electrons. The Labute approximate surface area is 130 Å². The van der Waals surface area contributed by atoms with Crippen LogP contribution < -0.4 is 5.73 Å². The number of hydrogen-bond donors (Lipinski definition) is 2. The van der Waals surface area contributed by atoms with E-state index in [1.54, 1.807) is 0 Å². The number of hydrogen-bond acceptors (Lipinski definition) is 3. The molecule has 2 heterocycles. The van der Waals surface area contributed by atoms with Gasteiger partial charge in [-0.1, -0.05) is 13.8 Å². The average Bonchev–Trinajstić information content (AvgIpc) is 3.00. The molecule has 2 atom stereocenters. The highest BCUT2D eigenvalue weighted by atomic mass is 19.4. The number of alkyl halides is 3. The van der Waals surface area contributed by atoms with Crippen LogP contribution in [0.2, 0.25) is 0 Å². The van der Waals surface area contributed by atoms with Gasteiger partial charge in [0, 0.05) is 19.2 Å². The third kappa shape index (κ3) is 2.21. The van der Waals surface area contributed by atoms with E-state index in [1.165, 1.54) is 4.90 Å². The highest BCUT2D eigenvalue weighted by Gasteiger charge is 2.66. The predicted molar refractivity (Wildman–Crippen MR) is 73.0 cm³/mol. The van der Waals surface area contributed by atoms with Crippen LogP contribution in [0.4, 0.5) is 13.2 Å². The minimum absolute atomic E-state index is 0.0857. The number of halogens is 3. The summed E-state index contributed by atoms with van der Waals surface area (Å²) in [5.41, 5.74) is 3.22. The number of nitrogens with zero attached hydrogens (tertiary/aromatic N) is 2. The van der Waals surface area contributed by atoms with Crippen LogP contribution in [0.5, 0.6) is 0 Å². The van der Waals surface area contributed by atoms with E-state index in [4.69, 9.17) is 5.73 Å². The molecule has 1 aromatic heterocycles. The number of nitrogens with two attached hydrogens (primary N) is 1. The lowest BCUT2D eigenvalue weighted by Gasteiger charge is -2.54. The molecule has 0 aromatic carbocycles. The smallest absolute Gasteiger partial charge is 0.369 e. The molecule has 3 N–H and O–H groups in total. The normalized spacial score (nSPS) is 29.1. The summed E-state index contributed by atoms with van der Waals surface area (Å²) in [4.78, 5) is 25.6. The average molecular weight is 330 g/mol. The Morgan fingerprint density at radius 3 is 2.52 bits per heavy atom.